The molecule has 0 radical (unpaired) electrons. The summed E-state index contributed by atoms with van der Waals surface area (Å²) in [4.78, 5) is 11.5. The Labute approximate surface area is 93.6 Å². The minimum atomic E-state index is -0.0485. The topological polar surface area (TPSA) is 67.2 Å². The van der Waals surface area contributed by atoms with Crippen molar-refractivity contribution in [3.63, 3.8) is 0 Å². The number of thioether (sulfide) groups is 1. The highest BCUT2D eigenvalue weighted by atomic mass is 32.2. The molecule has 0 aliphatic heterocycles. The minimum Gasteiger partial charge on any atom is -0.351 e. The molecule has 1 aromatic carbocycles. The fraction of sp³-hybridized carbons (Fsp3) is 0.300. The van der Waals surface area contributed by atoms with E-state index in [2.05, 4.69) is 10.7 Å². The molecule has 5 heteroatoms. The number of hydrazine groups is 1. The van der Waals surface area contributed by atoms with E-state index in [1.54, 1.807) is 36.0 Å². The zero-order valence-electron chi connectivity index (χ0n) is 8.62. The third-order valence-corrected chi connectivity index (χ3v) is 2.52. The van der Waals surface area contributed by atoms with Gasteiger partial charge in [-0.2, -0.15) is 11.8 Å². The molecule has 0 fully saturated rings. The van der Waals surface area contributed by atoms with Crippen LogP contribution in [0.5, 0.6) is 0 Å². The molecule has 0 aromatic heterocycles. The van der Waals surface area contributed by atoms with E-state index in [0.29, 0.717) is 12.1 Å². The molecule has 1 aromatic rings. The molecule has 82 valence electrons. The SMILES string of the molecule is CSCCNC(=O)c1ccc(NN)cc1. The number of hydrogen-bond donors (Lipinski definition) is 3. The Balaban J connectivity index is 2.50. The first-order valence-electron chi connectivity index (χ1n) is 4.61. The van der Waals surface area contributed by atoms with E-state index in [0.717, 1.165) is 11.4 Å². The summed E-state index contributed by atoms with van der Waals surface area (Å²) in [6.45, 7) is 0.691. The van der Waals surface area contributed by atoms with Crippen LogP contribution < -0.4 is 16.6 Å². The van der Waals surface area contributed by atoms with E-state index in [1.165, 1.54) is 0 Å². The Hall–Kier alpha value is -1.20. The van der Waals surface area contributed by atoms with Gasteiger partial charge < -0.3 is 10.7 Å². The molecule has 0 bridgehead atoms. The number of rotatable bonds is 5. The summed E-state index contributed by atoms with van der Waals surface area (Å²) in [7, 11) is 0. The number of anilines is 1. The van der Waals surface area contributed by atoms with Crippen LogP contribution in [0.4, 0.5) is 5.69 Å². The van der Waals surface area contributed by atoms with Gasteiger partial charge in [0.25, 0.3) is 5.91 Å². The summed E-state index contributed by atoms with van der Waals surface area (Å²) in [5, 5.41) is 2.83. The molecule has 4 nitrogen and oxygen atoms in total. The molecule has 4 N–H and O–H groups in total. The number of carbonyl (C=O) groups is 1. The lowest BCUT2D eigenvalue weighted by Crippen LogP contribution is -2.25. The fourth-order valence-corrected chi connectivity index (χ4v) is 1.39. The van der Waals surface area contributed by atoms with Crippen molar-refractivity contribution >= 4 is 23.4 Å². The van der Waals surface area contributed by atoms with E-state index in [9.17, 15) is 4.79 Å². The predicted molar refractivity (Wildman–Crippen MR) is 65.0 cm³/mol. The summed E-state index contributed by atoms with van der Waals surface area (Å²) in [5.41, 5.74) is 3.95. The molecular weight excluding hydrogens is 210 g/mol. The number of benzene rings is 1. The molecular formula is C10H15N3OS. The maximum absolute atomic E-state index is 11.5. The van der Waals surface area contributed by atoms with Gasteiger partial charge >= 0.3 is 0 Å². The van der Waals surface area contributed by atoms with E-state index in [4.69, 9.17) is 5.84 Å². The Morgan fingerprint density at radius 1 is 1.40 bits per heavy atom. The van der Waals surface area contributed by atoms with E-state index in [-0.39, 0.29) is 5.91 Å². The van der Waals surface area contributed by atoms with Gasteiger partial charge in [0.05, 0.1) is 0 Å². The van der Waals surface area contributed by atoms with Crippen LogP contribution in [0.2, 0.25) is 0 Å². The van der Waals surface area contributed by atoms with Crippen LogP contribution in [-0.2, 0) is 0 Å². The lowest BCUT2D eigenvalue weighted by Gasteiger charge is -2.05. The fourth-order valence-electron chi connectivity index (χ4n) is 1.09. The maximum atomic E-state index is 11.5. The second-order valence-electron chi connectivity index (χ2n) is 2.97. The molecule has 0 atom stereocenters. The third kappa shape index (κ3) is 3.81. The maximum Gasteiger partial charge on any atom is 0.251 e. The minimum absolute atomic E-state index is 0.0485. The van der Waals surface area contributed by atoms with Crippen molar-refractivity contribution in [3.8, 4) is 0 Å². The number of amides is 1. The summed E-state index contributed by atoms with van der Waals surface area (Å²) in [6.07, 6.45) is 2.01. The van der Waals surface area contributed by atoms with E-state index < -0.39 is 0 Å². The zero-order valence-corrected chi connectivity index (χ0v) is 9.43. The molecule has 0 aliphatic carbocycles. The average Bonchev–Trinajstić information content (AvgIpc) is 2.29. The van der Waals surface area contributed by atoms with Crippen molar-refractivity contribution in [2.45, 2.75) is 0 Å². The van der Waals surface area contributed by atoms with Gasteiger partial charge in [0.15, 0.2) is 0 Å². The molecule has 0 saturated heterocycles. The Kier molecular flexibility index (Phi) is 5.00. The van der Waals surface area contributed by atoms with Crippen molar-refractivity contribution < 1.29 is 4.79 Å². The highest BCUT2D eigenvalue weighted by molar-refractivity contribution is 7.98. The lowest BCUT2D eigenvalue weighted by molar-refractivity contribution is 0.0956. The lowest BCUT2D eigenvalue weighted by atomic mass is 10.2. The standard InChI is InChI=1S/C10H15N3OS/c1-15-7-6-12-10(14)8-2-4-9(13-11)5-3-8/h2-5,13H,6-7,11H2,1H3,(H,12,14). The van der Waals surface area contributed by atoms with Crippen molar-refractivity contribution in [3.05, 3.63) is 29.8 Å². The smallest absolute Gasteiger partial charge is 0.251 e. The van der Waals surface area contributed by atoms with Crippen LogP contribution in [0.25, 0.3) is 0 Å². The highest BCUT2D eigenvalue weighted by Crippen LogP contribution is 2.07. The Morgan fingerprint density at radius 3 is 2.60 bits per heavy atom. The zero-order chi connectivity index (χ0) is 11.1. The van der Waals surface area contributed by atoms with Gasteiger partial charge in [0.2, 0.25) is 0 Å². The average molecular weight is 225 g/mol. The summed E-state index contributed by atoms with van der Waals surface area (Å²) < 4.78 is 0. The normalized spacial score (nSPS) is 9.73. The molecule has 0 unspecified atom stereocenters. The first kappa shape index (κ1) is 11.9. The molecule has 1 amide bonds. The number of nitrogens with one attached hydrogen (secondary N) is 2. The summed E-state index contributed by atoms with van der Waals surface area (Å²) in [6, 6.07) is 7.01. The molecule has 0 spiro atoms. The summed E-state index contributed by atoms with van der Waals surface area (Å²) in [5.74, 6) is 6.10. The van der Waals surface area contributed by atoms with Crippen LogP contribution in [0.3, 0.4) is 0 Å². The quantitative estimate of drug-likeness (QED) is 0.398. The molecule has 0 heterocycles. The number of nitrogen functional groups attached to an aromatic ring is 1. The highest BCUT2D eigenvalue weighted by Gasteiger charge is 2.03. The summed E-state index contributed by atoms with van der Waals surface area (Å²) >= 11 is 1.70. The van der Waals surface area contributed by atoms with Gasteiger partial charge in [-0.3, -0.25) is 10.6 Å². The van der Waals surface area contributed by atoms with Crippen molar-refractivity contribution in [2.75, 3.05) is 24.0 Å². The van der Waals surface area contributed by atoms with Crippen molar-refractivity contribution in [2.24, 2.45) is 5.84 Å². The predicted octanol–water partition coefficient (Wildman–Crippen LogP) is 1.06. The van der Waals surface area contributed by atoms with Gasteiger partial charge in [-0.25, -0.2) is 0 Å². The van der Waals surface area contributed by atoms with Crippen LogP contribution in [0, 0.1) is 0 Å². The van der Waals surface area contributed by atoms with Gasteiger partial charge in [-0.1, -0.05) is 0 Å². The van der Waals surface area contributed by atoms with Crippen molar-refractivity contribution in [1.29, 1.82) is 0 Å². The van der Waals surface area contributed by atoms with E-state index in [1.807, 2.05) is 6.26 Å². The Bertz CT molecular complexity index is 313. The number of nitrogens with two attached hydrogens (primary N) is 1. The van der Waals surface area contributed by atoms with E-state index >= 15 is 0 Å². The molecule has 15 heavy (non-hydrogen) atoms. The first-order valence-corrected chi connectivity index (χ1v) is 6.01. The van der Waals surface area contributed by atoms with Gasteiger partial charge in [0.1, 0.15) is 0 Å². The van der Waals surface area contributed by atoms with Crippen LogP contribution in [0.15, 0.2) is 24.3 Å². The Morgan fingerprint density at radius 2 is 2.07 bits per heavy atom. The van der Waals surface area contributed by atoms with Crippen LogP contribution in [-0.4, -0.2) is 24.5 Å². The third-order valence-electron chi connectivity index (χ3n) is 1.91. The van der Waals surface area contributed by atoms with Gasteiger partial charge in [-0.15, -0.1) is 0 Å². The van der Waals surface area contributed by atoms with Gasteiger partial charge in [0, 0.05) is 23.5 Å². The molecule has 1 rings (SSSR count). The monoisotopic (exact) mass is 225 g/mol. The molecule has 0 aliphatic rings. The largest absolute Gasteiger partial charge is 0.351 e. The number of carbonyl (C=O) groups excluding carboxylic acids is 1. The molecule has 0 saturated carbocycles. The van der Waals surface area contributed by atoms with Crippen LogP contribution >= 0.6 is 11.8 Å². The van der Waals surface area contributed by atoms with Crippen LogP contribution in [0.1, 0.15) is 10.4 Å². The number of hydrogen-bond acceptors (Lipinski definition) is 4. The van der Waals surface area contributed by atoms with Gasteiger partial charge in [-0.05, 0) is 30.5 Å². The van der Waals surface area contributed by atoms with Crippen molar-refractivity contribution in [1.82, 2.24) is 5.32 Å². The second kappa shape index (κ2) is 6.31. The first-order chi connectivity index (χ1) is 7.27. The second-order valence-corrected chi connectivity index (χ2v) is 3.96.